The summed E-state index contributed by atoms with van der Waals surface area (Å²) in [5, 5.41) is 10.5. The van der Waals surface area contributed by atoms with Gasteiger partial charge in [0.2, 0.25) is 0 Å². The van der Waals surface area contributed by atoms with E-state index in [1.54, 1.807) is 0 Å². The Morgan fingerprint density at radius 3 is 2.42 bits per heavy atom. The first-order chi connectivity index (χ1) is 12.4. The fourth-order valence-corrected chi connectivity index (χ4v) is 2.26. The van der Waals surface area contributed by atoms with Crippen LogP contribution in [0, 0.1) is 0 Å². The first kappa shape index (κ1) is 19.5. The SMILES string of the molecule is CC(C)(C)OC=O.OCc1cc2[nH]ccc2cc1OCc1ccccc1. The monoisotopic (exact) mass is 355 g/mol. The van der Waals surface area contributed by atoms with Crippen LogP contribution in [-0.2, 0) is 22.7 Å². The van der Waals surface area contributed by atoms with Gasteiger partial charge >= 0.3 is 0 Å². The molecule has 138 valence electrons. The Morgan fingerprint density at radius 1 is 1.12 bits per heavy atom. The maximum atomic E-state index is 9.60. The standard InChI is InChI=1S/C16H15NO2.C5H10O2/c18-10-14-8-15-13(6-7-17-15)9-16(14)19-11-12-4-2-1-3-5-12;1-5(2,3)7-4-6/h1-9,17-18H,10-11H2;4H,1-3H3. The minimum Gasteiger partial charge on any atom is -0.489 e. The Balaban J connectivity index is 0.000000298. The van der Waals surface area contributed by atoms with E-state index in [1.165, 1.54) is 0 Å². The van der Waals surface area contributed by atoms with Gasteiger partial charge in [-0.2, -0.15) is 0 Å². The summed E-state index contributed by atoms with van der Waals surface area (Å²) in [6.07, 6.45) is 1.88. The first-order valence-electron chi connectivity index (χ1n) is 8.42. The second-order valence-corrected chi connectivity index (χ2v) is 6.78. The van der Waals surface area contributed by atoms with Crippen molar-refractivity contribution in [2.24, 2.45) is 0 Å². The number of H-pyrrole nitrogens is 1. The van der Waals surface area contributed by atoms with Gasteiger partial charge in [-0.15, -0.1) is 0 Å². The van der Waals surface area contributed by atoms with Crippen molar-refractivity contribution in [3.8, 4) is 5.75 Å². The van der Waals surface area contributed by atoms with Gasteiger partial charge in [0.25, 0.3) is 6.47 Å². The molecule has 2 N–H and O–H groups in total. The lowest BCUT2D eigenvalue weighted by atomic mass is 10.1. The molecule has 0 saturated carbocycles. The molecule has 0 atom stereocenters. The molecule has 0 radical (unpaired) electrons. The Bertz CT molecular complexity index is 819. The molecule has 0 fully saturated rings. The summed E-state index contributed by atoms with van der Waals surface area (Å²) < 4.78 is 10.4. The average molecular weight is 355 g/mol. The van der Waals surface area contributed by atoms with E-state index < -0.39 is 0 Å². The number of ether oxygens (including phenoxy) is 2. The van der Waals surface area contributed by atoms with Crippen LogP contribution in [-0.4, -0.2) is 22.2 Å². The molecular formula is C21H25NO4. The van der Waals surface area contributed by atoms with Crippen molar-refractivity contribution in [2.75, 3.05) is 0 Å². The van der Waals surface area contributed by atoms with Gasteiger partial charge in [0.05, 0.1) is 6.61 Å². The zero-order chi connectivity index (χ0) is 19.0. The van der Waals surface area contributed by atoms with Crippen LogP contribution in [0.5, 0.6) is 5.75 Å². The number of aliphatic hydroxyl groups excluding tert-OH is 1. The normalized spacial score (nSPS) is 10.8. The van der Waals surface area contributed by atoms with Gasteiger partial charge in [-0.05, 0) is 44.5 Å². The largest absolute Gasteiger partial charge is 0.489 e. The van der Waals surface area contributed by atoms with Crippen molar-refractivity contribution in [1.82, 2.24) is 4.98 Å². The number of benzene rings is 2. The van der Waals surface area contributed by atoms with E-state index in [4.69, 9.17) is 4.74 Å². The van der Waals surface area contributed by atoms with Crippen molar-refractivity contribution in [2.45, 2.75) is 39.6 Å². The van der Waals surface area contributed by atoms with Crippen molar-refractivity contribution in [3.05, 3.63) is 65.9 Å². The van der Waals surface area contributed by atoms with Crippen LogP contribution in [0.15, 0.2) is 54.7 Å². The molecule has 3 aromatic rings. The molecule has 0 bridgehead atoms. The van der Waals surface area contributed by atoms with Crippen LogP contribution in [0.1, 0.15) is 31.9 Å². The van der Waals surface area contributed by atoms with E-state index in [9.17, 15) is 9.90 Å². The maximum absolute atomic E-state index is 9.60. The summed E-state index contributed by atoms with van der Waals surface area (Å²) in [6, 6.07) is 15.9. The smallest absolute Gasteiger partial charge is 0.293 e. The summed E-state index contributed by atoms with van der Waals surface area (Å²) in [5.41, 5.74) is 2.60. The lowest BCUT2D eigenvalue weighted by molar-refractivity contribution is -0.138. The third-order valence-electron chi connectivity index (χ3n) is 3.54. The molecule has 3 rings (SSSR count). The number of hydrogen-bond donors (Lipinski definition) is 2. The highest BCUT2D eigenvalue weighted by atomic mass is 16.5. The molecule has 1 aromatic heterocycles. The summed E-state index contributed by atoms with van der Waals surface area (Å²) >= 11 is 0. The highest BCUT2D eigenvalue weighted by Crippen LogP contribution is 2.26. The van der Waals surface area contributed by atoms with Crippen LogP contribution >= 0.6 is 0 Å². The minimum absolute atomic E-state index is 0.0287. The van der Waals surface area contributed by atoms with Crippen molar-refractivity contribution >= 4 is 17.4 Å². The fraction of sp³-hybridized carbons (Fsp3) is 0.286. The highest BCUT2D eigenvalue weighted by molar-refractivity contribution is 5.82. The zero-order valence-electron chi connectivity index (χ0n) is 15.4. The van der Waals surface area contributed by atoms with E-state index in [0.717, 1.165) is 27.8 Å². The molecule has 1 heterocycles. The summed E-state index contributed by atoms with van der Waals surface area (Å²) in [5.74, 6) is 0.735. The van der Waals surface area contributed by atoms with Crippen LogP contribution in [0.3, 0.4) is 0 Å². The molecule has 0 saturated heterocycles. The second-order valence-electron chi connectivity index (χ2n) is 6.78. The molecule has 5 heteroatoms. The third kappa shape index (κ3) is 5.93. The summed E-state index contributed by atoms with van der Waals surface area (Å²) in [7, 11) is 0. The summed E-state index contributed by atoms with van der Waals surface area (Å²) in [6.45, 7) is 6.40. The highest BCUT2D eigenvalue weighted by Gasteiger charge is 2.08. The van der Waals surface area contributed by atoms with Crippen LogP contribution in [0.25, 0.3) is 10.9 Å². The van der Waals surface area contributed by atoms with Gasteiger partial charge in [-0.3, -0.25) is 4.79 Å². The van der Waals surface area contributed by atoms with Gasteiger partial charge in [0.15, 0.2) is 0 Å². The molecule has 0 spiro atoms. The van der Waals surface area contributed by atoms with E-state index in [1.807, 2.05) is 75.5 Å². The Kier molecular flexibility index (Phi) is 6.81. The van der Waals surface area contributed by atoms with E-state index in [0.29, 0.717) is 13.1 Å². The van der Waals surface area contributed by atoms with Crippen molar-refractivity contribution < 1.29 is 19.4 Å². The van der Waals surface area contributed by atoms with E-state index in [2.05, 4.69) is 9.72 Å². The average Bonchev–Trinajstić information content (AvgIpc) is 3.06. The van der Waals surface area contributed by atoms with Crippen LogP contribution < -0.4 is 4.74 Å². The van der Waals surface area contributed by atoms with E-state index >= 15 is 0 Å². The molecule has 0 aliphatic heterocycles. The van der Waals surface area contributed by atoms with Crippen LogP contribution in [0.2, 0.25) is 0 Å². The minimum atomic E-state index is -0.318. The number of hydrogen-bond acceptors (Lipinski definition) is 4. The molecule has 5 nitrogen and oxygen atoms in total. The van der Waals surface area contributed by atoms with Gasteiger partial charge in [-0.25, -0.2) is 0 Å². The molecule has 0 aliphatic rings. The Hall–Kier alpha value is -2.79. The van der Waals surface area contributed by atoms with E-state index in [-0.39, 0.29) is 12.2 Å². The molecule has 2 aromatic carbocycles. The predicted octanol–water partition coefficient (Wildman–Crippen LogP) is 4.20. The number of nitrogens with one attached hydrogen (secondary N) is 1. The molecule has 0 aliphatic carbocycles. The van der Waals surface area contributed by atoms with Gasteiger partial charge < -0.3 is 19.6 Å². The summed E-state index contributed by atoms with van der Waals surface area (Å²) in [4.78, 5) is 12.7. The molecule has 0 unspecified atom stereocenters. The van der Waals surface area contributed by atoms with Gasteiger partial charge in [-0.1, -0.05) is 30.3 Å². The fourth-order valence-electron chi connectivity index (χ4n) is 2.26. The zero-order valence-corrected chi connectivity index (χ0v) is 15.4. The number of aromatic amines is 1. The number of rotatable bonds is 5. The topological polar surface area (TPSA) is 71.5 Å². The second kappa shape index (κ2) is 9.06. The van der Waals surface area contributed by atoms with Crippen LogP contribution in [0.4, 0.5) is 0 Å². The van der Waals surface area contributed by atoms with Crippen molar-refractivity contribution in [3.63, 3.8) is 0 Å². The number of aromatic nitrogens is 1. The van der Waals surface area contributed by atoms with Gasteiger partial charge in [0.1, 0.15) is 18.0 Å². The van der Waals surface area contributed by atoms with Crippen molar-refractivity contribution in [1.29, 1.82) is 0 Å². The first-order valence-corrected chi connectivity index (χ1v) is 8.42. The maximum Gasteiger partial charge on any atom is 0.293 e. The Labute approximate surface area is 153 Å². The van der Waals surface area contributed by atoms with Gasteiger partial charge in [0, 0.05) is 22.7 Å². The Morgan fingerprint density at radius 2 is 1.85 bits per heavy atom. The molecule has 0 amide bonds. The quantitative estimate of drug-likeness (QED) is 0.673. The third-order valence-corrected chi connectivity index (χ3v) is 3.54. The lowest BCUT2D eigenvalue weighted by Gasteiger charge is -2.14. The number of carbonyl (C=O) groups excluding carboxylic acids is 1. The number of fused-ring (bicyclic) bond motifs is 1. The lowest BCUT2D eigenvalue weighted by Crippen LogP contribution is -2.17. The number of carbonyl (C=O) groups is 1. The molecular weight excluding hydrogens is 330 g/mol. The predicted molar refractivity (Wildman–Crippen MR) is 102 cm³/mol. The molecule has 26 heavy (non-hydrogen) atoms. The number of aliphatic hydroxyl groups is 1.